The van der Waals surface area contributed by atoms with Gasteiger partial charge >= 0.3 is 0 Å². The molecule has 6 rings (SSSR count). The Morgan fingerprint density at radius 2 is 0.706 bits per heavy atom. The zero-order chi connectivity index (χ0) is 35.8. The SMILES string of the molecule is CCCCCOc1cc2c(cc1OCCCCC)C1(c3cc(Br)ccc3-c3ccc(Br)cc31)c1cc(OCCCCC)c(OCCCCC)cc1-2. The van der Waals surface area contributed by atoms with E-state index >= 15 is 0 Å². The maximum atomic E-state index is 6.65. The summed E-state index contributed by atoms with van der Waals surface area (Å²) in [5.74, 6) is 3.27. The Morgan fingerprint density at radius 3 is 1.04 bits per heavy atom. The van der Waals surface area contributed by atoms with Gasteiger partial charge in [-0.25, -0.2) is 0 Å². The molecule has 0 saturated heterocycles. The number of unbranched alkanes of at least 4 members (excludes halogenated alkanes) is 8. The van der Waals surface area contributed by atoms with Crippen LogP contribution in [0.15, 0.2) is 69.6 Å². The molecular weight excluding hydrogens is 764 g/mol. The first-order chi connectivity index (χ1) is 25.0. The minimum atomic E-state index is -0.590. The van der Waals surface area contributed by atoms with E-state index in [4.69, 9.17) is 18.9 Å². The van der Waals surface area contributed by atoms with Gasteiger partial charge in [-0.1, -0.05) is 123 Å². The fourth-order valence-electron chi connectivity index (χ4n) is 7.77. The third-order valence-corrected chi connectivity index (χ3v) is 11.3. The van der Waals surface area contributed by atoms with Crippen molar-refractivity contribution in [2.45, 2.75) is 110 Å². The Kier molecular flexibility index (Phi) is 13.1. The van der Waals surface area contributed by atoms with E-state index in [9.17, 15) is 0 Å². The Balaban J connectivity index is 1.61. The van der Waals surface area contributed by atoms with Crippen LogP contribution in [0.3, 0.4) is 0 Å². The van der Waals surface area contributed by atoms with Crippen molar-refractivity contribution < 1.29 is 18.9 Å². The molecule has 4 aromatic carbocycles. The fourth-order valence-corrected chi connectivity index (χ4v) is 8.49. The zero-order valence-corrected chi connectivity index (χ0v) is 34.1. The second-order valence-electron chi connectivity index (χ2n) is 14.0. The summed E-state index contributed by atoms with van der Waals surface area (Å²) in [6, 6.07) is 22.6. The lowest BCUT2D eigenvalue weighted by Crippen LogP contribution is -2.26. The maximum absolute atomic E-state index is 6.65. The number of hydrogen-bond donors (Lipinski definition) is 0. The fraction of sp³-hybridized carbons (Fsp3) is 0.467. The van der Waals surface area contributed by atoms with E-state index < -0.39 is 5.41 Å². The average molecular weight is 819 g/mol. The van der Waals surface area contributed by atoms with Crippen molar-refractivity contribution in [3.8, 4) is 45.3 Å². The van der Waals surface area contributed by atoms with Gasteiger partial charge in [-0.05, 0) is 119 Å². The van der Waals surface area contributed by atoms with Crippen LogP contribution in [0.25, 0.3) is 22.3 Å². The molecular formula is C45H54Br2O4. The lowest BCUT2D eigenvalue weighted by atomic mass is 9.70. The largest absolute Gasteiger partial charge is 0.490 e. The van der Waals surface area contributed by atoms with Crippen LogP contribution >= 0.6 is 31.9 Å². The summed E-state index contributed by atoms with van der Waals surface area (Å²) in [7, 11) is 0. The number of ether oxygens (including phenoxy) is 4. The molecule has 4 aromatic rings. The summed E-state index contributed by atoms with van der Waals surface area (Å²) < 4.78 is 28.6. The summed E-state index contributed by atoms with van der Waals surface area (Å²) in [4.78, 5) is 0. The molecule has 1 spiro atoms. The highest BCUT2D eigenvalue weighted by atomic mass is 79.9. The summed E-state index contributed by atoms with van der Waals surface area (Å²) in [5, 5.41) is 0. The predicted octanol–water partition coefficient (Wildman–Crippen LogP) is 13.8. The van der Waals surface area contributed by atoms with E-state index in [0.717, 1.165) is 120 Å². The maximum Gasteiger partial charge on any atom is 0.161 e. The van der Waals surface area contributed by atoms with Gasteiger partial charge in [-0.2, -0.15) is 0 Å². The monoisotopic (exact) mass is 816 g/mol. The van der Waals surface area contributed by atoms with Gasteiger partial charge in [0.15, 0.2) is 23.0 Å². The lowest BCUT2D eigenvalue weighted by molar-refractivity contribution is 0.259. The van der Waals surface area contributed by atoms with Crippen LogP contribution < -0.4 is 18.9 Å². The van der Waals surface area contributed by atoms with Crippen LogP contribution in [0.1, 0.15) is 127 Å². The van der Waals surface area contributed by atoms with E-state index in [-0.39, 0.29) is 0 Å². The predicted molar refractivity (Wildman–Crippen MR) is 218 cm³/mol. The molecule has 272 valence electrons. The van der Waals surface area contributed by atoms with Crippen molar-refractivity contribution in [3.05, 3.63) is 91.9 Å². The van der Waals surface area contributed by atoms with E-state index in [0.29, 0.717) is 26.4 Å². The van der Waals surface area contributed by atoms with E-state index in [2.05, 4.69) is 120 Å². The number of fused-ring (bicyclic) bond motifs is 10. The Morgan fingerprint density at radius 1 is 0.392 bits per heavy atom. The summed E-state index contributed by atoms with van der Waals surface area (Å²) in [6.45, 7) is 11.6. The molecule has 0 heterocycles. The van der Waals surface area contributed by atoms with Crippen molar-refractivity contribution in [2.24, 2.45) is 0 Å². The molecule has 0 aromatic heterocycles. The standard InChI is InChI=1S/C45H54Br2O4/c1-5-9-13-21-48-41-27-35-36-28-42(49-22-14-10-6-2)44(51-24-16-12-8-4)30-40(36)45(39(35)29-43(41)50-23-15-11-7-3)37-25-31(46)17-19-33(37)34-20-18-32(47)26-38(34)45/h17-20,25-30H,5-16,21-24H2,1-4H3. The highest BCUT2D eigenvalue weighted by Gasteiger charge is 2.53. The lowest BCUT2D eigenvalue weighted by Gasteiger charge is -2.31. The molecule has 2 aliphatic rings. The quantitative estimate of drug-likeness (QED) is 0.0719. The molecule has 0 radical (unpaired) electrons. The molecule has 4 nitrogen and oxygen atoms in total. The van der Waals surface area contributed by atoms with Gasteiger partial charge in [0.05, 0.1) is 31.8 Å². The number of rotatable bonds is 20. The molecule has 0 N–H and O–H groups in total. The van der Waals surface area contributed by atoms with Crippen molar-refractivity contribution in [2.75, 3.05) is 26.4 Å². The zero-order valence-electron chi connectivity index (χ0n) is 31.0. The summed E-state index contributed by atoms with van der Waals surface area (Å²) >= 11 is 7.74. The van der Waals surface area contributed by atoms with Gasteiger partial charge in [-0.3, -0.25) is 0 Å². The average Bonchev–Trinajstić information content (AvgIpc) is 3.56. The van der Waals surface area contributed by atoms with Gasteiger partial charge in [-0.15, -0.1) is 0 Å². The smallest absolute Gasteiger partial charge is 0.161 e. The second kappa shape index (κ2) is 17.7. The molecule has 2 aliphatic carbocycles. The molecule has 0 fully saturated rings. The summed E-state index contributed by atoms with van der Waals surface area (Å²) in [5.41, 5.74) is 9.15. The highest BCUT2D eigenvalue weighted by molar-refractivity contribution is 9.10. The molecule has 0 unspecified atom stereocenters. The van der Waals surface area contributed by atoms with Crippen molar-refractivity contribution in [1.82, 2.24) is 0 Å². The Labute approximate surface area is 322 Å². The number of hydrogen-bond acceptors (Lipinski definition) is 4. The van der Waals surface area contributed by atoms with E-state index in [1.807, 2.05) is 0 Å². The number of halogens is 2. The van der Waals surface area contributed by atoms with Gasteiger partial charge < -0.3 is 18.9 Å². The van der Waals surface area contributed by atoms with Crippen molar-refractivity contribution in [3.63, 3.8) is 0 Å². The van der Waals surface area contributed by atoms with Crippen LogP contribution in [0.4, 0.5) is 0 Å². The summed E-state index contributed by atoms with van der Waals surface area (Å²) in [6.07, 6.45) is 13.2. The van der Waals surface area contributed by atoms with Crippen LogP contribution in [-0.2, 0) is 5.41 Å². The number of benzene rings is 4. The first-order valence-corrected chi connectivity index (χ1v) is 21.0. The molecule has 0 bridgehead atoms. The van der Waals surface area contributed by atoms with E-state index in [1.54, 1.807) is 0 Å². The minimum Gasteiger partial charge on any atom is -0.490 e. The van der Waals surface area contributed by atoms with Crippen LogP contribution in [0.2, 0.25) is 0 Å². The minimum absolute atomic E-state index is 0.590. The van der Waals surface area contributed by atoms with Crippen molar-refractivity contribution in [1.29, 1.82) is 0 Å². The molecule has 51 heavy (non-hydrogen) atoms. The highest BCUT2D eigenvalue weighted by Crippen LogP contribution is 2.65. The molecule has 0 atom stereocenters. The molecule has 0 saturated carbocycles. The first-order valence-electron chi connectivity index (χ1n) is 19.5. The Bertz CT molecular complexity index is 1670. The van der Waals surface area contributed by atoms with Crippen LogP contribution in [0.5, 0.6) is 23.0 Å². The van der Waals surface area contributed by atoms with Gasteiger partial charge in [0.2, 0.25) is 0 Å². The van der Waals surface area contributed by atoms with Crippen LogP contribution in [-0.4, -0.2) is 26.4 Å². The Hall–Kier alpha value is -2.96. The van der Waals surface area contributed by atoms with Gasteiger partial charge in [0.25, 0.3) is 0 Å². The third-order valence-electron chi connectivity index (χ3n) is 10.3. The topological polar surface area (TPSA) is 36.9 Å². The second-order valence-corrected chi connectivity index (χ2v) is 15.9. The molecule has 0 aliphatic heterocycles. The van der Waals surface area contributed by atoms with Gasteiger partial charge in [0, 0.05) is 8.95 Å². The van der Waals surface area contributed by atoms with E-state index in [1.165, 1.54) is 33.4 Å². The van der Waals surface area contributed by atoms with Crippen LogP contribution in [0, 0.1) is 0 Å². The first kappa shape index (κ1) is 37.8. The normalized spacial score (nSPS) is 13.1. The molecule has 0 amide bonds. The van der Waals surface area contributed by atoms with Crippen molar-refractivity contribution >= 4 is 31.9 Å². The third kappa shape index (κ3) is 7.74. The molecule has 6 heteroatoms. The van der Waals surface area contributed by atoms with Gasteiger partial charge in [0.1, 0.15) is 0 Å².